The van der Waals surface area contributed by atoms with Gasteiger partial charge in [0.15, 0.2) is 0 Å². The first-order valence-corrected chi connectivity index (χ1v) is 7.43. The molecule has 0 aliphatic heterocycles. The van der Waals surface area contributed by atoms with E-state index in [1.165, 1.54) is 24.4 Å². The number of anilines is 1. The highest BCUT2D eigenvalue weighted by atomic mass is 35.5. The van der Waals surface area contributed by atoms with Crippen LogP contribution < -0.4 is 4.72 Å². The third-order valence-corrected chi connectivity index (χ3v) is 4.19. The van der Waals surface area contributed by atoms with Gasteiger partial charge in [0.25, 0.3) is 10.0 Å². The molecule has 0 aliphatic rings. The molecule has 20 heavy (non-hydrogen) atoms. The van der Waals surface area contributed by atoms with E-state index in [9.17, 15) is 8.42 Å². The highest BCUT2D eigenvalue weighted by Gasteiger charge is 2.16. The Morgan fingerprint density at radius 2 is 2.05 bits per heavy atom. The van der Waals surface area contributed by atoms with Crippen LogP contribution in [0, 0.1) is 18.3 Å². The van der Waals surface area contributed by atoms with Gasteiger partial charge in [0.1, 0.15) is 11.9 Å². The van der Waals surface area contributed by atoms with Crippen molar-refractivity contribution in [1.29, 1.82) is 5.26 Å². The molecule has 2 aromatic rings. The molecule has 2 rings (SSSR count). The number of nitrogens with one attached hydrogen (secondary N) is 1. The third kappa shape index (κ3) is 3.07. The van der Waals surface area contributed by atoms with Crippen LogP contribution in [0.4, 0.5) is 5.82 Å². The summed E-state index contributed by atoms with van der Waals surface area (Å²) in [4.78, 5) is 3.91. The minimum absolute atomic E-state index is 0.0233. The first-order chi connectivity index (χ1) is 9.42. The Morgan fingerprint density at radius 1 is 1.30 bits per heavy atom. The summed E-state index contributed by atoms with van der Waals surface area (Å²) in [6.45, 7) is 1.83. The summed E-state index contributed by atoms with van der Waals surface area (Å²) in [5.74, 6) is 0.227. The van der Waals surface area contributed by atoms with Gasteiger partial charge >= 0.3 is 0 Å². The molecule has 0 bridgehead atoms. The molecular weight excluding hydrogens is 298 g/mol. The molecule has 0 spiro atoms. The molecule has 0 amide bonds. The van der Waals surface area contributed by atoms with E-state index in [4.69, 9.17) is 16.9 Å². The molecular formula is C13H10ClN3O2S. The number of pyridine rings is 1. The largest absolute Gasteiger partial charge is 0.263 e. The maximum absolute atomic E-state index is 12.2. The highest BCUT2D eigenvalue weighted by Crippen LogP contribution is 2.21. The summed E-state index contributed by atoms with van der Waals surface area (Å²) in [5.41, 5.74) is 1.11. The van der Waals surface area contributed by atoms with Gasteiger partial charge in [-0.25, -0.2) is 13.4 Å². The van der Waals surface area contributed by atoms with Gasteiger partial charge in [-0.1, -0.05) is 11.6 Å². The zero-order valence-electron chi connectivity index (χ0n) is 10.5. The monoisotopic (exact) mass is 307 g/mol. The molecule has 0 unspecified atom stereocenters. The summed E-state index contributed by atoms with van der Waals surface area (Å²) in [7, 11) is -3.78. The predicted octanol–water partition coefficient (Wildman–Crippen LogP) is 2.72. The Balaban J connectivity index is 2.36. The molecule has 0 atom stereocenters. The van der Waals surface area contributed by atoms with Crippen LogP contribution in [0.3, 0.4) is 0 Å². The van der Waals surface area contributed by atoms with Gasteiger partial charge in [-0.05, 0) is 42.8 Å². The van der Waals surface area contributed by atoms with Gasteiger partial charge in [-0.3, -0.25) is 4.72 Å². The summed E-state index contributed by atoms with van der Waals surface area (Å²) in [6.07, 6.45) is 1.51. The van der Waals surface area contributed by atoms with E-state index >= 15 is 0 Å². The van der Waals surface area contributed by atoms with Gasteiger partial charge in [-0.15, -0.1) is 0 Å². The van der Waals surface area contributed by atoms with Crippen molar-refractivity contribution in [3.63, 3.8) is 0 Å². The van der Waals surface area contributed by atoms with Gasteiger partial charge in [0.2, 0.25) is 0 Å². The van der Waals surface area contributed by atoms with E-state index in [2.05, 4.69) is 9.71 Å². The van der Waals surface area contributed by atoms with E-state index in [-0.39, 0.29) is 21.3 Å². The minimum Gasteiger partial charge on any atom is -0.263 e. The number of nitriles is 1. The van der Waals surface area contributed by atoms with Crippen molar-refractivity contribution >= 4 is 27.4 Å². The number of sulfonamides is 1. The van der Waals surface area contributed by atoms with Crippen LogP contribution in [0.15, 0.2) is 41.4 Å². The average Bonchev–Trinajstić information content (AvgIpc) is 2.38. The zero-order chi connectivity index (χ0) is 14.8. The second kappa shape index (κ2) is 5.49. The lowest BCUT2D eigenvalue weighted by Gasteiger charge is -2.08. The standard InChI is InChI=1S/C13H10ClN3O2S/c1-9-4-5-16-13(6-9)17-20(18,19)11-3-2-10(8-15)12(14)7-11/h2-7H,1H3,(H,16,17). The number of hydrogen-bond acceptors (Lipinski definition) is 4. The van der Waals surface area contributed by atoms with Crippen molar-refractivity contribution in [2.24, 2.45) is 0 Å². The van der Waals surface area contributed by atoms with Crippen LogP contribution in [0.25, 0.3) is 0 Å². The quantitative estimate of drug-likeness (QED) is 0.945. The van der Waals surface area contributed by atoms with Crippen LogP contribution in [0.5, 0.6) is 0 Å². The molecule has 1 N–H and O–H groups in total. The normalized spacial score (nSPS) is 10.8. The lowest BCUT2D eigenvalue weighted by atomic mass is 10.2. The van der Waals surface area contributed by atoms with Gasteiger partial charge in [-0.2, -0.15) is 5.26 Å². The van der Waals surface area contributed by atoms with Crippen LogP contribution >= 0.6 is 11.6 Å². The second-order valence-electron chi connectivity index (χ2n) is 4.08. The lowest BCUT2D eigenvalue weighted by molar-refractivity contribution is 0.601. The van der Waals surface area contributed by atoms with E-state index in [0.717, 1.165) is 5.56 Å². The maximum atomic E-state index is 12.2. The Labute approximate surface area is 121 Å². The van der Waals surface area contributed by atoms with E-state index in [1.807, 2.05) is 13.0 Å². The Kier molecular flexibility index (Phi) is 3.93. The lowest BCUT2D eigenvalue weighted by Crippen LogP contribution is -2.14. The fourth-order valence-corrected chi connectivity index (χ4v) is 2.85. The topological polar surface area (TPSA) is 82.8 Å². The van der Waals surface area contributed by atoms with Crippen molar-refractivity contribution < 1.29 is 8.42 Å². The van der Waals surface area contributed by atoms with Crippen molar-refractivity contribution in [1.82, 2.24) is 4.98 Å². The number of aryl methyl sites for hydroxylation is 1. The van der Waals surface area contributed by atoms with E-state index in [1.54, 1.807) is 12.1 Å². The minimum atomic E-state index is -3.78. The van der Waals surface area contributed by atoms with E-state index in [0.29, 0.717) is 0 Å². The molecule has 5 nitrogen and oxygen atoms in total. The second-order valence-corrected chi connectivity index (χ2v) is 6.17. The summed E-state index contributed by atoms with van der Waals surface area (Å²) < 4.78 is 26.7. The number of hydrogen-bond donors (Lipinski definition) is 1. The third-order valence-electron chi connectivity index (χ3n) is 2.53. The molecule has 1 aromatic heterocycles. The van der Waals surface area contributed by atoms with Crippen molar-refractivity contribution in [3.8, 4) is 6.07 Å². The maximum Gasteiger partial charge on any atom is 0.263 e. The van der Waals surface area contributed by atoms with Crippen molar-refractivity contribution in [3.05, 3.63) is 52.7 Å². The van der Waals surface area contributed by atoms with Crippen LogP contribution in [0.1, 0.15) is 11.1 Å². The molecule has 0 aliphatic carbocycles. The van der Waals surface area contributed by atoms with Gasteiger partial charge in [0.05, 0.1) is 15.5 Å². The number of nitrogens with zero attached hydrogens (tertiary/aromatic N) is 2. The zero-order valence-corrected chi connectivity index (χ0v) is 12.0. The summed E-state index contributed by atoms with van der Waals surface area (Å²) >= 11 is 5.83. The molecule has 0 saturated heterocycles. The predicted molar refractivity (Wildman–Crippen MR) is 75.9 cm³/mol. The Morgan fingerprint density at radius 3 is 2.65 bits per heavy atom. The van der Waals surface area contributed by atoms with E-state index < -0.39 is 10.0 Å². The molecule has 0 radical (unpaired) electrons. The van der Waals surface area contributed by atoms with Gasteiger partial charge in [0, 0.05) is 6.20 Å². The molecule has 1 heterocycles. The summed E-state index contributed by atoms with van der Waals surface area (Å²) in [6, 6.07) is 9.16. The van der Waals surface area contributed by atoms with Crippen LogP contribution in [-0.4, -0.2) is 13.4 Å². The first kappa shape index (κ1) is 14.3. The Hall–Kier alpha value is -2.10. The molecule has 0 fully saturated rings. The van der Waals surface area contributed by atoms with Gasteiger partial charge < -0.3 is 0 Å². The van der Waals surface area contributed by atoms with Crippen LogP contribution in [0.2, 0.25) is 5.02 Å². The number of benzene rings is 1. The van der Waals surface area contributed by atoms with Crippen LogP contribution in [-0.2, 0) is 10.0 Å². The molecule has 102 valence electrons. The summed E-state index contributed by atoms with van der Waals surface area (Å²) in [5, 5.41) is 8.86. The average molecular weight is 308 g/mol. The fraction of sp³-hybridized carbons (Fsp3) is 0.0769. The highest BCUT2D eigenvalue weighted by molar-refractivity contribution is 7.92. The molecule has 0 saturated carbocycles. The first-order valence-electron chi connectivity index (χ1n) is 5.57. The fourth-order valence-electron chi connectivity index (χ4n) is 1.54. The SMILES string of the molecule is Cc1ccnc(NS(=O)(=O)c2ccc(C#N)c(Cl)c2)c1. The molecule has 7 heteroatoms. The Bertz CT molecular complexity index is 798. The molecule has 1 aromatic carbocycles. The van der Waals surface area contributed by atoms with Crippen molar-refractivity contribution in [2.45, 2.75) is 11.8 Å². The smallest absolute Gasteiger partial charge is 0.263 e. The number of rotatable bonds is 3. The number of aromatic nitrogens is 1. The number of halogens is 1. The van der Waals surface area contributed by atoms with Crippen molar-refractivity contribution in [2.75, 3.05) is 4.72 Å².